The number of rotatable bonds is 5. The van der Waals surface area contributed by atoms with Crippen LogP contribution in [0.5, 0.6) is 5.75 Å². The zero-order valence-electron chi connectivity index (χ0n) is 12.8. The second-order valence-electron chi connectivity index (χ2n) is 6.12. The fourth-order valence-corrected chi connectivity index (χ4v) is 2.96. The number of carboxylic acids is 1. The van der Waals surface area contributed by atoms with Crippen molar-refractivity contribution in [2.75, 3.05) is 14.2 Å². The molecular weight excluding hydrogens is 270 g/mol. The Kier molecular flexibility index (Phi) is 3.94. The second kappa shape index (κ2) is 5.39. The monoisotopic (exact) mass is 291 g/mol. The molecule has 1 aromatic rings. The van der Waals surface area contributed by atoms with Crippen LogP contribution in [0.3, 0.4) is 0 Å². The van der Waals surface area contributed by atoms with Crippen LogP contribution in [0.4, 0.5) is 0 Å². The molecule has 5 nitrogen and oxygen atoms in total. The van der Waals surface area contributed by atoms with Crippen LogP contribution < -0.4 is 4.74 Å². The lowest BCUT2D eigenvalue weighted by Crippen LogP contribution is -2.29. The predicted molar refractivity (Wildman–Crippen MR) is 77.9 cm³/mol. The van der Waals surface area contributed by atoms with Crippen molar-refractivity contribution < 1.29 is 19.4 Å². The number of hydrogen-bond donors (Lipinski definition) is 1. The molecule has 1 aliphatic carbocycles. The van der Waals surface area contributed by atoms with Gasteiger partial charge >= 0.3 is 5.97 Å². The molecule has 1 aromatic carbocycles. The molecule has 0 aliphatic heterocycles. The van der Waals surface area contributed by atoms with Crippen LogP contribution in [0, 0.1) is 17.3 Å². The van der Waals surface area contributed by atoms with Gasteiger partial charge in [-0.1, -0.05) is 32.0 Å². The van der Waals surface area contributed by atoms with Crippen LogP contribution in [0.2, 0.25) is 0 Å². The minimum Gasteiger partial charge on any atom is -0.496 e. The van der Waals surface area contributed by atoms with E-state index in [9.17, 15) is 14.7 Å². The molecule has 0 aromatic heterocycles. The summed E-state index contributed by atoms with van der Waals surface area (Å²) in [5, 5.41) is 9.17. The van der Waals surface area contributed by atoms with Crippen molar-refractivity contribution in [1.82, 2.24) is 4.90 Å². The molecule has 2 atom stereocenters. The molecular formula is C16H21NO4. The number of carbonyl (C=O) groups is 2. The van der Waals surface area contributed by atoms with Crippen molar-refractivity contribution in [2.45, 2.75) is 20.4 Å². The van der Waals surface area contributed by atoms with Gasteiger partial charge in [0.2, 0.25) is 5.91 Å². The van der Waals surface area contributed by atoms with Crippen molar-refractivity contribution in [3.05, 3.63) is 29.8 Å². The summed E-state index contributed by atoms with van der Waals surface area (Å²) < 4.78 is 5.27. The van der Waals surface area contributed by atoms with Crippen molar-refractivity contribution in [2.24, 2.45) is 17.3 Å². The van der Waals surface area contributed by atoms with E-state index in [0.29, 0.717) is 6.54 Å². The number of para-hydroxylation sites is 1. The smallest absolute Gasteiger partial charge is 0.307 e. The van der Waals surface area contributed by atoms with E-state index in [1.165, 1.54) is 0 Å². The zero-order chi connectivity index (χ0) is 15.8. The number of ether oxygens (including phenoxy) is 1. The third-order valence-corrected chi connectivity index (χ3v) is 4.34. The number of carbonyl (C=O) groups excluding carboxylic acids is 1. The van der Waals surface area contributed by atoms with Gasteiger partial charge in [0.25, 0.3) is 0 Å². The maximum atomic E-state index is 12.5. The van der Waals surface area contributed by atoms with E-state index in [0.717, 1.165) is 11.3 Å². The first kappa shape index (κ1) is 15.4. The minimum absolute atomic E-state index is 0.127. The van der Waals surface area contributed by atoms with E-state index in [1.807, 2.05) is 38.1 Å². The second-order valence-corrected chi connectivity index (χ2v) is 6.12. The summed E-state index contributed by atoms with van der Waals surface area (Å²) >= 11 is 0. The molecule has 0 heterocycles. The maximum Gasteiger partial charge on any atom is 0.307 e. The van der Waals surface area contributed by atoms with Gasteiger partial charge in [0.1, 0.15) is 5.75 Å². The van der Waals surface area contributed by atoms with E-state index in [-0.39, 0.29) is 5.91 Å². The lowest BCUT2D eigenvalue weighted by atomic mass is 10.1. The summed E-state index contributed by atoms with van der Waals surface area (Å²) in [4.78, 5) is 25.2. The fraction of sp³-hybridized carbons (Fsp3) is 0.500. The van der Waals surface area contributed by atoms with Crippen LogP contribution in [0.15, 0.2) is 24.3 Å². The first-order valence-corrected chi connectivity index (χ1v) is 6.90. The molecule has 5 heteroatoms. The molecule has 0 radical (unpaired) electrons. The number of benzene rings is 1. The molecule has 2 unspecified atom stereocenters. The highest BCUT2D eigenvalue weighted by atomic mass is 16.5. The third kappa shape index (κ3) is 2.73. The minimum atomic E-state index is -0.899. The number of amides is 1. The van der Waals surface area contributed by atoms with Crippen molar-refractivity contribution in [1.29, 1.82) is 0 Å². The quantitative estimate of drug-likeness (QED) is 0.901. The summed E-state index contributed by atoms with van der Waals surface area (Å²) in [6, 6.07) is 7.50. The molecule has 1 amide bonds. The normalized spacial score (nSPS) is 22.5. The average Bonchev–Trinajstić information content (AvgIpc) is 3.01. The summed E-state index contributed by atoms with van der Waals surface area (Å²) in [5.74, 6) is -1.34. The van der Waals surface area contributed by atoms with Crippen LogP contribution >= 0.6 is 0 Å². The van der Waals surface area contributed by atoms with E-state index < -0.39 is 23.2 Å². The molecule has 1 aliphatic rings. The molecule has 0 bridgehead atoms. The topological polar surface area (TPSA) is 66.8 Å². The van der Waals surface area contributed by atoms with E-state index in [2.05, 4.69) is 0 Å². The summed E-state index contributed by atoms with van der Waals surface area (Å²) in [6.07, 6.45) is 0. The van der Waals surface area contributed by atoms with Gasteiger partial charge in [0.05, 0.1) is 18.9 Å². The highest BCUT2D eigenvalue weighted by molar-refractivity contribution is 5.91. The summed E-state index contributed by atoms with van der Waals surface area (Å²) in [6.45, 7) is 4.05. The van der Waals surface area contributed by atoms with Crippen LogP contribution in [0.25, 0.3) is 0 Å². The first-order chi connectivity index (χ1) is 9.80. The van der Waals surface area contributed by atoms with Gasteiger partial charge in [0.15, 0.2) is 0 Å². The first-order valence-electron chi connectivity index (χ1n) is 6.90. The Labute approximate surface area is 124 Å². The van der Waals surface area contributed by atoms with Gasteiger partial charge in [0, 0.05) is 19.2 Å². The average molecular weight is 291 g/mol. The van der Waals surface area contributed by atoms with Crippen molar-refractivity contribution in [3.8, 4) is 5.75 Å². The molecule has 21 heavy (non-hydrogen) atoms. The van der Waals surface area contributed by atoms with Crippen LogP contribution in [0.1, 0.15) is 19.4 Å². The standard InChI is InChI=1S/C16H21NO4/c1-16(2)12(13(16)15(19)20)14(18)17(3)9-10-7-5-6-8-11(10)21-4/h5-8,12-13H,9H2,1-4H3,(H,19,20). The van der Waals surface area contributed by atoms with E-state index in [1.54, 1.807) is 19.1 Å². The fourth-order valence-electron chi connectivity index (χ4n) is 2.96. The Morgan fingerprint density at radius 2 is 1.90 bits per heavy atom. The summed E-state index contributed by atoms with van der Waals surface area (Å²) in [5.41, 5.74) is 0.430. The maximum absolute atomic E-state index is 12.5. The lowest BCUT2D eigenvalue weighted by molar-refractivity contribution is -0.141. The van der Waals surface area contributed by atoms with Gasteiger partial charge in [-0.25, -0.2) is 0 Å². The Hall–Kier alpha value is -2.04. The molecule has 1 N–H and O–H groups in total. The van der Waals surface area contributed by atoms with Crippen molar-refractivity contribution >= 4 is 11.9 Å². The van der Waals surface area contributed by atoms with Crippen LogP contribution in [-0.2, 0) is 16.1 Å². The predicted octanol–water partition coefficient (Wildman–Crippen LogP) is 2.01. The van der Waals surface area contributed by atoms with Gasteiger partial charge in [-0.3, -0.25) is 9.59 Å². The Bertz CT molecular complexity index is 567. The number of methoxy groups -OCH3 is 1. The Morgan fingerprint density at radius 1 is 1.29 bits per heavy atom. The number of carboxylic acid groups (broad SMARTS) is 1. The Morgan fingerprint density at radius 3 is 2.43 bits per heavy atom. The molecule has 1 saturated carbocycles. The largest absolute Gasteiger partial charge is 0.496 e. The van der Waals surface area contributed by atoms with Gasteiger partial charge < -0.3 is 14.7 Å². The molecule has 114 valence electrons. The van der Waals surface area contributed by atoms with Crippen LogP contribution in [-0.4, -0.2) is 36.0 Å². The number of aliphatic carboxylic acids is 1. The van der Waals surface area contributed by atoms with E-state index >= 15 is 0 Å². The number of nitrogens with zero attached hydrogens (tertiary/aromatic N) is 1. The Balaban J connectivity index is 2.09. The number of hydrogen-bond acceptors (Lipinski definition) is 3. The highest BCUT2D eigenvalue weighted by Gasteiger charge is 2.66. The lowest BCUT2D eigenvalue weighted by Gasteiger charge is -2.19. The zero-order valence-corrected chi connectivity index (χ0v) is 12.8. The van der Waals surface area contributed by atoms with Gasteiger partial charge in [-0.05, 0) is 11.5 Å². The molecule has 2 rings (SSSR count). The van der Waals surface area contributed by atoms with Gasteiger partial charge in [-0.15, -0.1) is 0 Å². The van der Waals surface area contributed by atoms with Crippen molar-refractivity contribution in [3.63, 3.8) is 0 Å². The summed E-state index contributed by atoms with van der Waals surface area (Å²) in [7, 11) is 3.28. The molecule has 0 spiro atoms. The SMILES string of the molecule is COc1ccccc1CN(C)C(=O)C1C(C(=O)O)C1(C)C. The van der Waals surface area contributed by atoms with Gasteiger partial charge in [-0.2, -0.15) is 0 Å². The molecule has 0 saturated heterocycles. The highest BCUT2D eigenvalue weighted by Crippen LogP contribution is 2.59. The van der Waals surface area contributed by atoms with E-state index in [4.69, 9.17) is 4.74 Å². The third-order valence-electron chi connectivity index (χ3n) is 4.34. The molecule has 1 fully saturated rings.